The zero-order valence-corrected chi connectivity index (χ0v) is 9.69. The second kappa shape index (κ2) is 7.62. The number of methoxy groups -OCH3 is 1. The molecule has 4 N–H and O–H groups in total. The van der Waals surface area contributed by atoms with Crippen LogP contribution in [0.2, 0.25) is 0 Å². The third-order valence-electron chi connectivity index (χ3n) is 2.43. The maximum absolute atomic E-state index is 11.5. The predicted molar refractivity (Wildman–Crippen MR) is 58.3 cm³/mol. The topological polar surface area (TPSA) is 84.6 Å². The maximum Gasteiger partial charge on any atom is 0.237 e. The van der Waals surface area contributed by atoms with Gasteiger partial charge in [0.2, 0.25) is 5.91 Å². The summed E-state index contributed by atoms with van der Waals surface area (Å²) in [6.07, 6.45) is 0.179. The third-order valence-corrected chi connectivity index (χ3v) is 2.43. The van der Waals surface area contributed by atoms with E-state index in [9.17, 15) is 9.90 Å². The number of aliphatic hydroxyl groups is 1. The Morgan fingerprint density at radius 3 is 2.67 bits per heavy atom. The molecule has 0 aliphatic rings. The quantitative estimate of drug-likeness (QED) is 0.537. The normalized spacial score (nSPS) is 16.9. The minimum absolute atomic E-state index is 0.143. The fourth-order valence-corrected chi connectivity index (χ4v) is 1.10. The lowest BCUT2D eigenvalue weighted by atomic mass is 9.99. The number of nitrogens with one attached hydrogen (secondary N) is 1. The molecule has 0 spiro atoms. The van der Waals surface area contributed by atoms with Gasteiger partial charge in [0.1, 0.15) is 0 Å². The molecule has 0 rings (SSSR count). The highest BCUT2D eigenvalue weighted by Crippen LogP contribution is 2.04. The molecule has 1 amide bonds. The van der Waals surface area contributed by atoms with E-state index >= 15 is 0 Å². The van der Waals surface area contributed by atoms with Gasteiger partial charge < -0.3 is 20.9 Å². The van der Waals surface area contributed by atoms with E-state index in [0.717, 1.165) is 6.42 Å². The molecule has 5 heteroatoms. The second-order valence-electron chi connectivity index (χ2n) is 3.77. The molecule has 15 heavy (non-hydrogen) atoms. The molecule has 0 aliphatic carbocycles. The van der Waals surface area contributed by atoms with E-state index in [1.165, 1.54) is 7.11 Å². The van der Waals surface area contributed by atoms with Crippen molar-refractivity contribution in [3.8, 4) is 0 Å². The molecule has 0 bridgehead atoms. The van der Waals surface area contributed by atoms with Gasteiger partial charge in [-0.3, -0.25) is 4.79 Å². The van der Waals surface area contributed by atoms with Crippen LogP contribution in [0.5, 0.6) is 0 Å². The van der Waals surface area contributed by atoms with Gasteiger partial charge in [-0.15, -0.1) is 0 Å². The standard InChI is InChI=1S/C10H22N2O3/c1-4-7(2)9(11)10(14)12-5-8(13)6-15-3/h7-9,13H,4-6,11H2,1-3H3,(H,12,14)/t7-,8?,9-/m0/s1. The summed E-state index contributed by atoms with van der Waals surface area (Å²) >= 11 is 0. The van der Waals surface area contributed by atoms with Gasteiger partial charge in [0, 0.05) is 13.7 Å². The zero-order chi connectivity index (χ0) is 11.8. The van der Waals surface area contributed by atoms with Gasteiger partial charge in [0.05, 0.1) is 18.8 Å². The minimum atomic E-state index is -0.678. The van der Waals surface area contributed by atoms with Crippen LogP contribution in [-0.2, 0) is 9.53 Å². The van der Waals surface area contributed by atoms with Crippen molar-refractivity contribution in [2.45, 2.75) is 32.4 Å². The van der Waals surface area contributed by atoms with Gasteiger partial charge in [-0.25, -0.2) is 0 Å². The summed E-state index contributed by atoms with van der Waals surface area (Å²) in [7, 11) is 1.50. The van der Waals surface area contributed by atoms with Crippen molar-refractivity contribution in [1.82, 2.24) is 5.32 Å². The molecule has 0 radical (unpaired) electrons. The lowest BCUT2D eigenvalue weighted by Crippen LogP contribution is -2.47. The van der Waals surface area contributed by atoms with Gasteiger partial charge in [-0.2, -0.15) is 0 Å². The Morgan fingerprint density at radius 2 is 2.20 bits per heavy atom. The number of hydrogen-bond donors (Lipinski definition) is 3. The van der Waals surface area contributed by atoms with Crippen LogP contribution >= 0.6 is 0 Å². The highest BCUT2D eigenvalue weighted by molar-refractivity contribution is 5.81. The Morgan fingerprint density at radius 1 is 1.60 bits per heavy atom. The number of hydrogen-bond acceptors (Lipinski definition) is 4. The Labute approximate surface area is 91.0 Å². The Kier molecular flexibility index (Phi) is 7.29. The average molecular weight is 218 g/mol. The van der Waals surface area contributed by atoms with E-state index in [4.69, 9.17) is 10.5 Å². The smallest absolute Gasteiger partial charge is 0.237 e. The first-order chi connectivity index (χ1) is 7.02. The molecule has 0 aromatic heterocycles. The summed E-state index contributed by atoms with van der Waals surface area (Å²) in [6, 6.07) is -0.509. The summed E-state index contributed by atoms with van der Waals surface area (Å²) in [5.74, 6) is -0.0796. The molecule has 0 saturated heterocycles. The van der Waals surface area contributed by atoms with Gasteiger partial charge >= 0.3 is 0 Å². The van der Waals surface area contributed by atoms with Crippen LogP contribution in [0.4, 0.5) is 0 Å². The summed E-state index contributed by atoms with van der Waals surface area (Å²) < 4.78 is 4.73. The first-order valence-electron chi connectivity index (χ1n) is 5.23. The van der Waals surface area contributed by atoms with Crippen LogP contribution in [0.15, 0.2) is 0 Å². The van der Waals surface area contributed by atoms with Crippen LogP contribution in [0.1, 0.15) is 20.3 Å². The van der Waals surface area contributed by atoms with Crippen LogP contribution in [0, 0.1) is 5.92 Å². The fourth-order valence-electron chi connectivity index (χ4n) is 1.10. The first-order valence-corrected chi connectivity index (χ1v) is 5.23. The summed E-state index contributed by atoms with van der Waals surface area (Å²) in [6.45, 7) is 4.29. The zero-order valence-electron chi connectivity index (χ0n) is 9.69. The minimum Gasteiger partial charge on any atom is -0.389 e. The number of amides is 1. The highest BCUT2D eigenvalue weighted by Gasteiger charge is 2.19. The molecule has 0 fully saturated rings. The van der Waals surface area contributed by atoms with Crippen molar-refractivity contribution in [3.63, 3.8) is 0 Å². The van der Waals surface area contributed by atoms with E-state index in [0.29, 0.717) is 0 Å². The monoisotopic (exact) mass is 218 g/mol. The first kappa shape index (κ1) is 14.3. The number of ether oxygens (including phenoxy) is 1. The van der Waals surface area contributed by atoms with Crippen molar-refractivity contribution in [2.75, 3.05) is 20.3 Å². The van der Waals surface area contributed by atoms with Crippen LogP contribution < -0.4 is 11.1 Å². The van der Waals surface area contributed by atoms with E-state index < -0.39 is 12.1 Å². The molecule has 0 aliphatic heterocycles. The molecule has 0 aromatic rings. The van der Waals surface area contributed by atoms with Crippen molar-refractivity contribution in [2.24, 2.45) is 11.7 Å². The van der Waals surface area contributed by atoms with Gasteiger partial charge in [0.25, 0.3) is 0 Å². The third kappa shape index (κ3) is 5.71. The van der Waals surface area contributed by atoms with Gasteiger partial charge in [0.15, 0.2) is 0 Å². The van der Waals surface area contributed by atoms with E-state index in [-0.39, 0.29) is 25.0 Å². The molecule has 0 saturated carbocycles. The number of rotatable bonds is 7. The van der Waals surface area contributed by atoms with Crippen molar-refractivity contribution in [3.05, 3.63) is 0 Å². The van der Waals surface area contributed by atoms with Crippen LogP contribution in [0.25, 0.3) is 0 Å². The Hall–Kier alpha value is -0.650. The lowest BCUT2D eigenvalue weighted by Gasteiger charge is -2.18. The Balaban J connectivity index is 3.82. The molecule has 5 nitrogen and oxygen atoms in total. The van der Waals surface area contributed by atoms with E-state index in [1.807, 2.05) is 13.8 Å². The molecular formula is C10H22N2O3. The molecule has 0 aromatic carbocycles. The summed E-state index contributed by atoms with van der Waals surface area (Å²) in [5.41, 5.74) is 5.71. The van der Waals surface area contributed by atoms with Crippen LogP contribution in [-0.4, -0.2) is 43.4 Å². The lowest BCUT2D eigenvalue weighted by molar-refractivity contribution is -0.124. The van der Waals surface area contributed by atoms with Gasteiger partial charge in [-0.1, -0.05) is 20.3 Å². The molecular weight excluding hydrogens is 196 g/mol. The molecule has 1 unspecified atom stereocenters. The maximum atomic E-state index is 11.5. The number of nitrogens with two attached hydrogens (primary N) is 1. The van der Waals surface area contributed by atoms with Crippen molar-refractivity contribution in [1.29, 1.82) is 0 Å². The van der Waals surface area contributed by atoms with Crippen molar-refractivity contribution < 1.29 is 14.6 Å². The SMILES string of the molecule is CC[C@H](C)[C@H](N)C(=O)NCC(O)COC. The largest absolute Gasteiger partial charge is 0.389 e. The number of carbonyl (C=O) groups excluding carboxylic acids is 1. The van der Waals surface area contributed by atoms with E-state index in [2.05, 4.69) is 5.32 Å². The summed E-state index contributed by atoms with van der Waals surface area (Å²) in [5, 5.41) is 11.9. The fraction of sp³-hybridized carbons (Fsp3) is 0.900. The highest BCUT2D eigenvalue weighted by atomic mass is 16.5. The second-order valence-corrected chi connectivity index (χ2v) is 3.77. The van der Waals surface area contributed by atoms with Crippen LogP contribution in [0.3, 0.4) is 0 Å². The molecule has 0 heterocycles. The average Bonchev–Trinajstić information content (AvgIpc) is 2.24. The van der Waals surface area contributed by atoms with Gasteiger partial charge in [-0.05, 0) is 5.92 Å². The molecule has 3 atom stereocenters. The summed E-state index contributed by atoms with van der Waals surface area (Å²) in [4.78, 5) is 11.5. The number of aliphatic hydroxyl groups excluding tert-OH is 1. The molecule has 90 valence electrons. The number of carbonyl (C=O) groups is 1. The predicted octanol–water partition coefficient (Wildman–Crippen LogP) is -0.517. The Bertz CT molecular complexity index is 188. The van der Waals surface area contributed by atoms with Crippen molar-refractivity contribution >= 4 is 5.91 Å². The van der Waals surface area contributed by atoms with E-state index in [1.54, 1.807) is 0 Å².